The Kier molecular flexibility index (Phi) is 3.27. The molecule has 2 rings (SSSR count). The summed E-state index contributed by atoms with van der Waals surface area (Å²) in [5, 5.41) is 0. The van der Waals surface area contributed by atoms with Gasteiger partial charge in [0, 0.05) is 6.54 Å². The quantitative estimate of drug-likeness (QED) is 0.896. The summed E-state index contributed by atoms with van der Waals surface area (Å²) in [6, 6.07) is 7.17. The second-order valence-corrected chi connectivity index (χ2v) is 7.18. The lowest BCUT2D eigenvalue weighted by atomic mass is 10.1. The summed E-state index contributed by atoms with van der Waals surface area (Å²) < 4.78 is 24.7. The maximum Gasteiger partial charge on any atom is 0.185 e. The van der Waals surface area contributed by atoms with Crippen molar-refractivity contribution in [3.63, 3.8) is 0 Å². The van der Waals surface area contributed by atoms with Crippen LogP contribution in [0, 0.1) is 6.92 Å². The minimum atomic E-state index is -3.31. The Labute approximate surface area is 103 Å². The first kappa shape index (κ1) is 12.6. The number of hydrogen-bond acceptors (Lipinski definition) is 3. The van der Waals surface area contributed by atoms with Crippen LogP contribution in [-0.4, -0.2) is 19.7 Å². The molecule has 3 nitrogen and oxygen atoms in total. The first-order chi connectivity index (χ1) is 8.03. The van der Waals surface area contributed by atoms with Crippen molar-refractivity contribution in [2.24, 2.45) is 5.73 Å². The van der Waals surface area contributed by atoms with E-state index in [0.717, 1.165) is 18.4 Å². The third-order valence-corrected chi connectivity index (χ3v) is 6.59. The highest BCUT2D eigenvalue weighted by Gasteiger charge is 2.45. The first-order valence-electron chi connectivity index (χ1n) is 6.04. The topological polar surface area (TPSA) is 60.2 Å². The molecule has 0 aromatic heterocycles. The van der Waals surface area contributed by atoms with Gasteiger partial charge in [0.1, 0.15) is 0 Å². The van der Waals surface area contributed by atoms with Gasteiger partial charge in [0.05, 0.1) is 9.64 Å². The molecular formula is C13H19NO2S. The van der Waals surface area contributed by atoms with Gasteiger partial charge in [-0.25, -0.2) is 8.42 Å². The molecule has 1 aromatic carbocycles. The van der Waals surface area contributed by atoms with Gasteiger partial charge in [-0.1, -0.05) is 31.0 Å². The van der Waals surface area contributed by atoms with Crippen LogP contribution >= 0.6 is 0 Å². The van der Waals surface area contributed by atoms with Gasteiger partial charge in [-0.15, -0.1) is 0 Å². The third-order valence-electron chi connectivity index (χ3n) is 3.84. The predicted molar refractivity (Wildman–Crippen MR) is 68.6 cm³/mol. The Morgan fingerprint density at radius 2 is 1.82 bits per heavy atom. The van der Waals surface area contributed by atoms with E-state index in [0.29, 0.717) is 17.7 Å². The van der Waals surface area contributed by atoms with E-state index < -0.39 is 14.6 Å². The van der Waals surface area contributed by atoms with E-state index in [1.165, 1.54) is 0 Å². The second kappa shape index (κ2) is 4.42. The van der Waals surface area contributed by atoms with E-state index in [4.69, 9.17) is 5.73 Å². The van der Waals surface area contributed by atoms with Crippen LogP contribution in [0.4, 0.5) is 0 Å². The van der Waals surface area contributed by atoms with Crippen LogP contribution in [0.5, 0.6) is 0 Å². The SMILES string of the molecule is Cc1ccccc1S(=O)(=O)C1(CN)CCCC1. The van der Waals surface area contributed by atoms with Crippen molar-refractivity contribution in [1.82, 2.24) is 0 Å². The third kappa shape index (κ3) is 1.89. The molecule has 0 heterocycles. The Hall–Kier alpha value is -0.870. The molecule has 1 aromatic rings. The summed E-state index contributed by atoms with van der Waals surface area (Å²) in [7, 11) is -3.31. The molecule has 1 saturated carbocycles. The zero-order valence-electron chi connectivity index (χ0n) is 10.1. The molecule has 1 aliphatic carbocycles. The van der Waals surface area contributed by atoms with E-state index in [9.17, 15) is 8.42 Å². The van der Waals surface area contributed by atoms with Crippen LogP contribution in [0.25, 0.3) is 0 Å². The molecule has 0 aliphatic heterocycles. The zero-order chi connectivity index (χ0) is 12.5. The second-order valence-electron chi connectivity index (χ2n) is 4.86. The number of aryl methyl sites for hydroxylation is 1. The van der Waals surface area contributed by atoms with Gasteiger partial charge in [0.15, 0.2) is 9.84 Å². The van der Waals surface area contributed by atoms with Crippen LogP contribution in [-0.2, 0) is 9.84 Å². The van der Waals surface area contributed by atoms with Crippen LogP contribution in [0.15, 0.2) is 29.2 Å². The summed E-state index contributed by atoms with van der Waals surface area (Å²) >= 11 is 0. The fraction of sp³-hybridized carbons (Fsp3) is 0.538. The maximum atomic E-state index is 12.7. The smallest absolute Gasteiger partial charge is 0.185 e. The lowest BCUT2D eigenvalue weighted by molar-refractivity contribution is 0.514. The van der Waals surface area contributed by atoms with Crippen molar-refractivity contribution in [3.8, 4) is 0 Å². The molecule has 0 unspecified atom stereocenters. The summed E-state index contributed by atoms with van der Waals surface area (Å²) in [5.74, 6) is 0. The van der Waals surface area contributed by atoms with Crippen LogP contribution < -0.4 is 5.73 Å². The molecule has 4 heteroatoms. The van der Waals surface area contributed by atoms with Crippen molar-refractivity contribution in [2.75, 3.05) is 6.54 Å². The highest BCUT2D eigenvalue weighted by molar-refractivity contribution is 7.93. The molecule has 17 heavy (non-hydrogen) atoms. The average molecular weight is 253 g/mol. The standard InChI is InChI=1S/C13H19NO2S/c1-11-6-2-3-7-12(11)17(15,16)13(10-14)8-4-5-9-13/h2-3,6-7H,4-5,8-10,14H2,1H3. The molecule has 1 aliphatic rings. The minimum Gasteiger partial charge on any atom is -0.329 e. The van der Waals surface area contributed by atoms with Crippen LogP contribution in [0.1, 0.15) is 31.2 Å². The van der Waals surface area contributed by atoms with Gasteiger partial charge < -0.3 is 5.73 Å². The number of sulfone groups is 1. The normalized spacial score (nSPS) is 19.4. The lowest BCUT2D eigenvalue weighted by Gasteiger charge is -2.27. The van der Waals surface area contributed by atoms with Gasteiger partial charge in [-0.2, -0.15) is 0 Å². The molecule has 2 N–H and O–H groups in total. The highest BCUT2D eigenvalue weighted by Crippen LogP contribution is 2.40. The largest absolute Gasteiger partial charge is 0.329 e. The molecule has 0 saturated heterocycles. The Morgan fingerprint density at radius 3 is 2.35 bits per heavy atom. The Bertz CT molecular complexity index is 502. The maximum absolute atomic E-state index is 12.7. The summed E-state index contributed by atoms with van der Waals surface area (Å²) in [6.45, 7) is 2.07. The number of nitrogens with two attached hydrogens (primary N) is 1. The van der Waals surface area contributed by atoms with Gasteiger partial charge >= 0.3 is 0 Å². The molecule has 0 spiro atoms. The van der Waals surface area contributed by atoms with Crippen LogP contribution in [0.3, 0.4) is 0 Å². The minimum absolute atomic E-state index is 0.226. The highest BCUT2D eigenvalue weighted by atomic mass is 32.2. The van der Waals surface area contributed by atoms with E-state index in [2.05, 4.69) is 0 Å². The molecule has 1 fully saturated rings. The first-order valence-corrected chi connectivity index (χ1v) is 7.52. The fourth-order valence-electron chi connectivity index (χ4n) is 2.69. The molecule has 0 radical (unpaired) electrons. The number of hydrogen-bond donors (Lipinski definition) is 1. The van der Waals surface area contributed by atoms with Gasteiger partial charge in [-0.05, 0) is 31.4 Å². The van der Waals surface area contributed by atoms with Crippen LogP contribution in [0.2, 0.25) is 0 Å². The van der Waals surface area contributed by atoms with E-state index in [1.54, 1.807) is 12.1 Å². The van der Waals surface area contributed by atoms with E-state index in [-0.39, 0.29) is 6.54 Å². The van der Waals surface area contributed by atoms with Crippen molar-refractivity contribution in [1.29, 1.82) is 0 Å². The Balaban J connectivity index is 2.53. The van der Waals surface area contributed by atoms with Gasteiger partial charge in [-0.3, -0.25) is 0 Å². The Morgan fingerprint density at radius 1 is 1.24 bits per heavy atom. The monoisotopic (exact) mass is 253 g/mol. The van der Waals surface area contributed by atoms with Crippen molar-refractivity contribution < 1.29 is 8.42 Å². The van der Waals surface area contributed by atoms with E-state index in [1.807, 2.05) is 19.1 Å². The summed E-state index contributed by atoms with van der Waals surface area (Å²) in [5.41, 5.74) is 6.58. The molecule has 0 bridgehead atoms. The van der Waals surface area contributed by atoms with E-state index >= 15 is 0 Å². The number of benzene rings is 1. The molecule has 0 atom stereocenters. The van der Waals surface area contributed by atoms with Crippen molar-refractivity contribution >= 4 is 9.84 Å². The fourth-order valence-corrected chi connectivity index (χ4v) is 4.95. The number of rotatable bonds is 3. The molecular weight excluding hydrogens is 234 g/mol. The van der Waals surface area contributed by atoms with Crippen molar-refractivity contribution in [2.45, 2.75) is 42.2 Å². The van der Waals surface area contributed by atoms with Gasteiger partial charge in [0.25, 0.3) is 0 Å². The zero-order valence-corrected chi connectivity index (χ0v) is 11.0. The van der Waals surface area contributed by atoms with Gasteiger partial charge in [0.2, 0.25) is 0 Å². The summed E-state index contributed by atoms with van der Waals surface area (Å²) in [6.07, 6.45) is 3.31. The predicted octanol–water partition coefficient (Wildman–Crippen LogP) is 2.04. The molecule has 94 valence electrons. The average Bonchev–Trinajstić information content (AvgIpc) is 2.79. The summed E-state index contributed by atoms with van der Waals surface area (Å²) in [4.78, 5) is 0.451. The lowest BCUT2D eigenvalue weighted by Crippen LogP contribution is -2.43. The van der Waals surface area contributed by atoms with Crippen molar-refractivity contribution in [3.05, 3.63) is 29.8 Å². The molecule has 0 amide bonds.